The molecule has 12 heteroatoms. The zero-order valence-corrected chi connectivity index (χ0v) is 25.2. The van der Waals surface area contributed by atoms with Crippen LogP contribution in [0.5, 0.6) is 5.75 Å². The van der Waals surface area contributed by atoms with Gasteiger partial charge in [-0.2, -0.15) is 0 Å². The molecule has 6 rings (SSSR count). The highest BCUT2D eigenvalue weighted by molar-refractivity contribution is 8.15. The third-order valence-corrected chi connectivity index (χ3v) is 9.85. The average Bonchev–Trinajstić information content (AvgIpc) is 3.51. The Bertz CT molecular complexity index is 1710. The second-order valence-electron chi connectivity index (χ2n) is 10.3. The molecule has 1 aliphatic heterocycles. The SMILES string of the molecule is COc1cc(C2CCCc3nc(SCc4c(F)cc(CC5SC(=O)NC5=O)cc4F)n(-c4ccc(F)cc4)c32)ccc1Cl. The van der Waals surface area contributed by atoms with E-state index in [9.17, 15) is 14.0 Å². The summed E-state index contributed by atoms with van der Waals surface area (Å²) in [5, 5.41) is 2.02. The number of nitrogens with one attached hydrogen (secondary N) is 1. The average molecular weight is 644 g/mol. The zero-order chi connectivity index (χ0) is 30.2. The molecular formula is C31H25ClF3N3O3S2. The van der Waals surface area contributed by atoms with Crippen LogP contribution in [0.2, 0.25) is 5.02 Å². The third-order valence-electron chi connectivity index (χ3n) is 7.59. The van der Waals surface area contributed by atoms with E-state index >= 15 is 8.78 Å². The van der Waals surface area contributed by atoms with Crippen LogP contribution in [0.15, 0.2) is 59.8 Å². The largest absolute Gasteiger partial charge is 0.495 e. The number of carbonyl (C=O) groups excluding carboxylic acids is 2. The number of halogens is 4. The van der Waals surface area contributed by atoms with E-state index in [1.807, 2.05) is 16.7 Å². The Morgan fingerprint density at radius 1 is 1.09 bits per heavy atom. The number of ether oxygens (including phenoxy) is 1. The Hall–Kier alpha value is -3.41. The predicted molar refractivity (Wildman–Crippen MR) is 161 cm³/mol. The Morgan fingerprint density at radius 3 is 2.51 bits per heavy atom. The van der Waals surface area contributed by atoms with Crippen molar-refractivity contribution in [3.8, 4) is 11.4 Å². The van der Waals surface area contributed by atoms with Gasteiger partial charge in [-0.05, 0) is 85.3 Å². The van der Waals surface area contributed by atoms with Crippen LogP contribution in [-0.2, 0) is 23.4 Å². The molecular weight excluding hydrogens is 619 g/mol. The lowest BCUT2D eigenvalue weighted by Crippen LogP contribution is -2.25. The van der Waals surface area contributed by atoms with Crippen LogP contribution in [0, 0.1) is 17.5 Å². The Kier molecular flexibility index (Phi) is 8.48. The molecule has 222 valence electrons. The van der Waals surface area contributed by atoms with E-state index in [4.69, 9.17) is 21.3 Å². The maximum Gasteiger partial charge on any atom is 0.286 e. The lowest BCUT2D eigenvalue weighted by atomic mass is 9.84. The van der Waals surface area contributed by atoms with Crippen molar-refractivity contribution in [1.82, 2.24) is 14.9 Å². The summed E-state index contributed by atoms with van der Waals surface area (Å²) in [6.07, 6.45) is 2.48. The van der Waals surface area contributed by atoms with Crippen LogP contribution in [0.25, 0.3) is 5.69 Å². The molecule has 43 heavy (non-hydrogen) atoms. The van der Waals surface area contributed by atoms with Crippen LogP contribution >= 0.6 is 35.1 Å². The number of aryl methyl sites for hydroxylation is 1. The maximum absolute atomic E-state index is 15.2. The minimum atomic E-state index is -0.743. The topological polar surface area (TPSA) is 73.2 Å². The highest BCUT2D eigenvalue weighted by atomic mass is 35.5. The van der Waals surface area contributed by atoms with Crippen molar-refractivity contribution in [2.45, 2.75) is 47.8 Å². The van der Waals surface area contributed by atoms with Gasteiger partial charge in [0.15, 0.2) is 5.16 Å². The molecule has 2 atom stereocenters. The summed E-state index contributed by atoms with van der Waals surface area (Å²) >= 11 is 8.29. The van der Waals surface area contributed by atoms with Crippen molar-refractivity contribution in [1.29, 1.82) is 0 Å². The van der Waals surface area contributed by atoms with Gasteiger partial charge in [0.1, 0.15) is 23.2 Å². The minimum Gasteiger partial charge on any atom is -0.495 e. The fourth-order valence-electron chi connectivity index (χ4n) is 5.55. The lowest BCUT2D eigenvalue weighted by Gasteiger charge is -2.26. The van der Waals surface area contributed by atoms with Gasteiger partial charge in [-0.15, -0.1) is 0 Å². The maximum atomic E-state index is 15.2. The van der Waals surface area contributed by atoms with Crippen LogP contribution in [0.1, 0.15) is 46.8 Å². The molecule has 2 unspecified atom stereocenters. The van der Waals surface area contributed by atoms with Gasteiger partial charge in [0.2, 0.25) is 5.91 Å². The van der Waals surface area contributed by atoms with E-state index in [0.717, 1.165) is 48.0 Å². The van der Waals surface area contributed by atoms with Crippen molar-refractivity contribution in [2.24, 2.45) is 0 Å². The standard InChI is InChI=1S/C31H25ClF3N3O3S2/c1-41-26-14-17(5-10-22(26)32)20-3-2-4-25-28(20)38(19-8-6-18(33)7-9-19)30(36-25)42-15-21-23(34)11-16(12-24(21)35)13-27-29(39)37-31(40)43-27/h5-12,14,20,27H,2-4,13,15H2,1H3,(H,37,39,40). The number of benzene rings is 3. The number of rotatable bonds is 8. The first-order chi connectivity index (χ1) is 20.7. The predicted octanol–water partition coefficient (Wildman–Crippen LogP) is 7.61. The van der Waals surface area contributed by atoms with Crippen molar-refractivity contribution in [3.63, 3.8) is 0 Å². The van der Waals surface area contributed by atoms with Crippen molar-refractivity contribution < 1.29 is 27.5 Å². The summed E-state index contributed by atoms with van der Waals surface area (Å²) in [6, 6.07) is 14.1. The van der Waals surface area contributed by atoms with E-state index in [2.05, 4.69) is 5.32 Å². The van der Waals surface area contributed by atoms with Gasteiger partial charge >= 0.3 is 0 Å². The number of fused-ring (bicyclic) bond motifs is 1. The fraction of sp³-hybridized carbons (Fsp3) is 0.258. The number of nitrogens with zero attached hydrogens (tertiary/aromatic N) is 2. The van der Waals surface area contributed by atoms with Gasteiger partial charge < -0.3 is 4.74 Å². The molecule has 4 aromatic rings. The molecule has 0 radical (unpaired) electrons. The number of amides is 2. The Balaban J connectivity index is 1.34. The summed E-state index contributed by atoms with van der Waals surface area (Å²) in [5.41, 5.74) is 3.64. The van der Waals surface area contributed by atoms with E-state index < -0.39 is 28.0 Å². The summed E-state index contributed by atoms with van der Waals surface area (Å²) in [6.45, 7) is 0. The van der Waals surface area contributed by atoms with E-state index in [1.54, 1.807) is 25.3 Å². The monoisotopic (exact) mass is 643 g/mol. The zero-order valence-electron chi connectivity index (χ0n) is 22.8. The Morgan fingerprint density at radius 2 is 1.84 bits per heavy atom. The summed E-state index contributed by atoms with van der Waals surface area (Å²) in [4.78, 5) is 28.3. The summed E-state index contributed by atoms with van der Waals surface area (Å²) < 4.78 is 51.8. The van der Waals surface area contributed by atoms with Crippen LogP contribution in [0.3, 0.4) is 0 Å². The summed E-state index contributed by atoms with van der Waals surface area (Å²) in [7, 11) is 1.56. The first-order valence-electron chi connectivity index (χ1n) is 13.5. The van der Waals surface area contributed by atoms with Gasteiger partial charge in [-0.1, -0.05) is 41.2 Å². The molecule has 0 spiro atoms. The van der Waals surface area contributed by atoms with E-state index in [1.165, 1.54) is 36.0 Å². The van der Waals surface area contributed by atoms with E-state index in [0.29, 0.717) is 21.6 Å². The smallest absolute Gasteiger partial charge is 0.286 e. The second kappa shape index (κ2) is 12.3. The summed E-state index contributed by atoms with van der Waals surface area (Å²) in [5.74, 6) is -1.89. The van der Waals surface area contributed by atoms with Crippen LogP contribution in [0.4, 0.5) is 18.0 Å². The van der Waals surface area contributed by atoms with Crippen molar-refractivity contribution in [3.05, 3.63) is 105 Å². The van der Waals surface area contributed by atoms with Gasteiger partial charge in [-0.3, -0.25) is 19.5 Å². The number of imide groups is 1. The van der Waals surface area contributed by atoms with Gasteiger partial charge in [-0.25, -0.2) is 18.2 Å². The molecule has 0 saturated carbocycles. The normalized spacial score (nSPS) is 18.1. The fourth-order valence-corrected chi connectivity index (χ4v) is 7.66. The second-order valence-corrected chi connectivity index (χ2v) is 12.8. The number of imidazole rings is 1. The first kappa shape index (κ1) is 29.7. The van der Waals surface area contributed by atoms with Gasteiger partial charge in [0, 0.05) is 22.9 Å². The number of aromatic nitrogens is 2. The molecule has 6 nitrogen and oxygen atoms in total. The van der Waals surface area contributed by atoms with Gasteiger partial charge in [0.25, 0.3) is 5.24 Å². The molecule has 1 aromatic heterocycles. The van der Waals surface area contributed by atoms with Gasteiger partial charge in [0.05, 0.1) is 28.8 Å². The number of thioether (sulfide) groups is 2. The minimum absolute atomic E-state index is 0.0298. The molecule has 1 N–H and O–H groups in total. The van der Waals surface area contributed by atoms with E-state index in [-0.39, 0.29) is 35.0 Å². The molecule has 0 bridgehead atoms. The molecule has 1 aliphatic carbocycles. The molecule has 2 amide bonds. The molecule has 2 heterocycles. The number of methoxy groups -OCH3 is 1. The highest BCUT2D eigenvalue weighted by Gasteiger charge is 2.33. The lowest BCUT2D eigenvalue weighted by molar-refractivity contribution is -0.118. The molecule has 2 aliphatic rings. The number of hydrogen-bond acceptors (Lipinski definition) is 6. The quantitative estimate of drug-likeness (QED) is 0.199. The highest BCUT2D eigenvalue weighted by Crippen LogP contribution is 2.43. The number of hydrogen-bond donors (Lipinski definition) is 1. The molecule has 3 aromatic carbocycles. The molecule has 1 fully saturated rings. The molecule has 1 saturated heterocycles. The van der Waals surface area contributed by atoms with Crippen LogP contribution in [-0.4, -0.2) is 33.1 Å². The van der Waals surface area contributed by atoms with Crippen LogP contribution < -0.4 is 10.1 Å². The number of carbonyl (C=O) groups is 2. The first-order valence-corrected chi connectivity index (χ1v) is 15.8. The van der Waals surface area contributed by atoms with Crippen molar-refractivity contribution >= 4 is 46.3 Å². The van der Waals surface area contributed by atoms with Crippen molar-refractivity contribution in [2.75, 3.05) is 7.11 Å². The third kappa shape index (κ3) is 6.03. The Labute approximate surface area is 259 Å².